The third-order valence-electron chi connectivity index (χ3n) is 3.61. The molecule has 1 aliphatic carbocycles. The van der Waals surface area contributed by atoms with Crippen molar-refractivity contribution >= 4 is 11.9 Å². The number of aliphatic carboxylic acids is 1. The summed E-state index contributed by atoms with van der Waals surface area (Å²) in [4.78, 5) is 23.3. The number of ether oxygens (including phenoxy) is 1. The minimum absolute atomic E-state index is 0.194. The monoisotopic (exact) mass is 305 g/mol. The maximum absolute atomic E-state index is 12.1. The maximum atomic E-state index is 12.1. The summed E-state index contributed by atoms with van der Waals surface area (Å²) >= 11 is 0. The van der Waals surface area contributed by atoms with Crippen molar-refractivity contribution in [3.63, 3.8) is 0 Å². The van der Waals surface area contributed by atoms with E-state index in [2.05, 4.69) is 5.32 Å². The zero-order chi connectivity index (χ0) is 16.1. The first-order valence-electron chi connectivity index (χ1n) is 7.72. The van der Waals surface area contributed by atoms with Crippen LogP contribution in [-0.2, 0) is 4.79 Å². The first-order chi connectivity index (χ1) is 10.5. The highest BCUT2D eigenvalue weighted by atomic mass is 16.5. The third-order valence-corrected chi connectivity index (χ3v) is 3.61. The highest BCUT2D eigenvalue weighted by Gasteiger charge is 2.23. The molecule has 5 heteroatoms. The van der Waals surface area contributed by atoms with Crippen LogP contribution in [0.25, 0.3) is 0 Å². The predicted molar refractivity (Wildman–Crippen MR) is 83.0 cm³/mol. The first-order valence-corrected chi connectivity index (χ1v) is 7.72. The minimum Gasteiger partial charge on any atom is -0.493 e. The van der Waals surface area contributed by atoms with E-state index in [0.29, 0.717) is 17.9 Å². The summed E-state index contributed by atoms with van der Waals surface area (Å²) in [6, 6.07) is 5.95. The van der Waals surface area contributed by atoms with Gasteiger partial charge < -0.3 is 15.2 Å². The Morgan fingerprint density at radius 2 is 1.91 bits per heavy atom. The molecule has 0 saturated heterocycles. The Morgan fingerprint density at radius 3 is 2.41 bits per heavy atom. The summed E-state index contributed by atoms with van der Waals surface area (Å²) in [5, 5.41) is 11.7. The van der Waals surface area contributed by atoms with Crippen LogP contribution in [0.4, 0.5) is 0 Å². The van der Waals surface area contributed by atoms with Crippen molar-refractivity contribution in [2.75, 3.05) is 6.61 Å². The number of benzene rings is 1. The summed E-state index contributed by atoms with van der Waals surface area (Å²) in [6.45, 7) is 4.57. The molecule has 1 aromatic rings. The van der Waals surface area contributed by atoms with Crippen LogP contribution in [0.15, 0.2) is 24.3 Å². The zero-order valence-corrected chi connectivity index (χ0v) is 13.0. The molecule has 0 aromatic heterocycles. The number of carboxylic acids is 1. The number of hydrogen-bond acceptors (Lipinski definition) is 3. The van der Waals surface area contributed by atoms with Crippen LogP contribution in [0, 0.1) is 11.8 Å². The quantitative estimate of drug-likeness (QED) is 0.774. The molecule has 1 aliphatic rings. The molecule has 0 heterocycles. The second kappa shape index (κ2) is 7.29. The van der Waals surface area contributed by atoms with Gasteiger partial charge in [-0.15, -0.1) is 0 Å². The molecule has 0 spiro atoms. The Labute approximate surface area is 130 Å². The summed E-state index contributed by atoms with van der Waals surface area (Å²) < 4.78 is 5.61. The van der Waals surface area contributed by atoms with E-state index in [0.717, 1.165) is 12.4 Å². The smallest absolute Gasteiger partial charge is 0.326 e. The van der Waals surface area contributed by atoms with Crippen molar-refractivity contribution in [2.45, 2.75) is 39.2 Å². The molecular formula is C17H23NO4. The molecule has 120 valence electrons. The van der Waals surface area contributed by atoms with Crippen LogP contribution in [0.3, 0.4) is 0 Å². The lowest BCUT2D eigenvalue weighted by atomic mass is 10.0. The van der Waals surface area contributed by atoms with Crippen molar-refractivity contribution in [3.05, 3.63) is 29.8 Å². The Balaban J connectivity index is 1.91. The number of carbonyl (C=O) groups is 2. The number of hydrogen-bond donors (Lipinski definition) is 2. The molecule has 1 amide bonds. The van der Waals surface area contributed by atoms with Gasteiger partial charge in [0.05, 0.1) is 6.61 Å². The Kier molecular flexibility index (Phi) is 5.41. The average Bonchev–Trinajstić information content (AvgIpc) is 3.28. The van der Waals surface area contributed by atoms with Crippen LogP contribution in [0.2, 0.25) is 0 Å². The summed E-state index contributed by atoms with van der Waals surface area (Å²) in [5.74, 6) is 0.226. The van der Waals surface area contributed by atoms with Gasteiger partial charge >= 0.3 is 5.97 Å². The molecule has 1 aromatic carbocycles. The van der Waals surface area contributed by atoms with Crippen molar-refractivity contribution in [2.24, 2.45) is 11.8 Å². The summed E-state index contributed by atoms with van der Waals surface area (Å²) in [6.07, 6.45) is 2.86. The molecule has 1 saturated carbocycles. The molecule has 1 atom stereocenters. The molecule has 1 unspecified atom stereocenters. The van der Waals surface area contributed by atoms with E-state index in [1.54, 1.807) is 24.3 Å². The largest absolute Gasteiger partial charge is 0.493 e. The lowest BCUT2D eigenvalue weighted by molar-refractivity contribution is -0.139. The summed E-state index contributed by atoms with van der Waals surface area (Å²) in [7, 11) is 0. The van der Waals surface area contributed by atoms with E-state index in [1.807, 2.05) is 13.8 Å². The molecule has 5 nitrogen and oxygen atoms in total. The first kappa shape index (κ1) is 16.3. The second-order valence-electron chi connectivity index (χ2n) is 6.27. The van der Waals surface area contributed by atoms with Gasteiger partial charge in [-0.3, -0.25) is 4.79 Å². The van der Waals surface area contributed by atoms with Gasteiger partial charge in [-0.25, -0.2) is 4.79 Å². The Hall–Kier alpha value is -2.04. The Morgan fingerprint density at radius 1 is 1.27 bits per heavy atom. The van der Waals surface area contributed by atoms with Gasteiger partial charge in [0.2, 0.25) is 0 Å². The molecule has 2 N–H and O–H groups in total. The average molecular weight is 305 g/mol. The van der Waals surface area contributed by atoms with E-state index in [4.69, 9.17) is 9.84 Å². The van der Waals surface area contributed by atoms with E-state index < -0.39 is 12.0 Å². The van der Waals surface area contributed by atoms with Crippen molar-refractivity contribution < 1.29 is 19.4 Å². The van der Waals surface area contributed by atoms with Crippen molar-refractivity contribution in [1.82, 2.24) is 5.32 Å². The predicted octanol–water partition coefficient (Wildman–Crippen LogP) is 2.70. The fraction of sp³-hybridized carbons (Fsp3) is 0.529. The third kappa shape index (κ3) is 5.06. The molecule has 0 aliphatic heterocycles. The molecule has 0 radical (unpaired) electrons. The van der Waals surface area contributed by atoms with Crippen LogP contribution >= 0.6 is 0 Å². The van der Waals surface area contributed by atoms with Crippen LogP contribution in [0.1, 0.15) is 43.5 Å². The SMILES string of the molecule is CC(C)CC(NC(=O)c1ccc(OCC2CC2)cc1)C(=O)O. The van der Waals surface area contributed by atoms with Crippen LogP contribution < -0.4 is 10.1 Å². The molecule has 2 rings (SSSR count). The zero-order valence-electron chi connectivity index (χ0n) is 13.0. The number of amides is 1. The van der Waals surface area contributed by atoms with E-state index in [9.17, 15) is 9.59 Å². The summed E-state index contributed by atoms with van der Waals surface area (Å²) in [5.41, 5.74) is 0.439. The van der Waals surface area contributed by atoms with Gasteiger partial charge in [0.15, 0.2) is 0 Å². The minimum atomic E-state index is -1.01. The Bertz CT molecular complexity index is 520. The number of carbonyl (C=O) groups excluding carboxylic acids is 1. The van der Waals surface area contributed by atoms with Crippen molar-refractivity contribution in [1.29, 1.82) is 0 Å². The van der Waals surface area contributed by atoms with E-state index in [1.165, 1.54) is 12.8 Å². The fourth-order valence-electron chi connectivity index (χ4n) is 2.14. The normalized spacial score (nSPS) is 15.4. The van der Waals surface area contributed by atoms with Crippen LogP contribution in [-0.4, -0.2) is 29.6 Å². The van der Waals surface area contributed by atoms with Gasteiger partial charge in [-0.2, -0.15) is 0 Å². The fourth-order valence-corrected chi connectivity index (χ4v) is 2.14. The molecule has 0 bridgehead atoms. The molecule has 1 fully saturated rings. The highest BCUT2D eigenvalue weighted by Crippen LogP contribution is 2.29. The van der Waals surface area contributed by atoms with Gasteiger partial charge in [0.25, 0.3) is 5.91 Å². The topological polar surface area (TPSA) is 75.6 Å². The standard InChI is InChI=1S/C17H23NO4/c1-11(2)9-15(17(20)21)18-16(19)13-5-7-14(8-6-13)22-10-12-3-4-12/h5-8,11-12,15H,3-4,9-10H2,1-2H3,(H,18,19)(H,20,21). The lowest BCUT2D eigenvalue weighted by Crippen LogP contribution is -2.41. The molecular weight excluding hydrogens is 282 g/mol. The molecule has 22 heavy (non-hydrogen) atoms. The maximum Gasteiger partial charge on any atom is 0.326 e. The van der Waals surface area contributed by atoms with Gasteiger partial charge in [-0.1, -0.05) is 13.8 Å². The van der Waals surface area contributed by atoms with Gasteiger partial charge in [-0.05, 0) is 55.4 Å². The van der Waals surface area contributed by atoms with E-state index in [-0.39, 0.29) is 11.8 Å². The number of rotatable bonds is 8. The number of nitrogens with one attached hydrogen (secondary N) is 1. The second-order valence-corrected chi connectivity index (χ2v) is 6.27. The number of carboxylic acid groups (broad SMARTS) is 1. The van der Waals surface area contributed by atoms with E-state index >= 15 is 0 Å². The lowest BCUT2D eigenvalue weighted by Gasteiger charge is -2.16. The van der Waals surface area contributed by atoms with Crippen molar-refractivity contribution in [3.8, 4) is 5.75 Å². The highest BCUT2D eigenvalue weighted by molar-refractivity contribution is 5.96. The van der Waals surface area contributed by atoms with Gasteiger partial charge in [0.1, 0.15) is 11.8 Å². The van der Waals surface area contributed by atoms with Crippen LogP contribution in [0.5, 0.6) is 5.75 Å². The van der Waals surface area contributed by atoms with Gasteiger partial charge in [0, 0.05) is 5.56 Å².